The first-order chi connectivity index (χ1) is 22.5. The molecule has 0 radical (unpaired) electrons. The molecule has 6 rings (SSSR count). The van der Waals surface area contributed by atoms with Gasteiger partial charge in [-0.3, -0.25) is 4.79 Å². The summed E-state index contributed by atoms with van der Waals surface area (Å²) >= 11 is 6.53. The van der Waals surface area contributed by atoms with Crippen LogP contribution < -0.4 is 14.5 Å². The maximum absolute atomic E-state index is 14.7. The molecular weight excluding hydrogens is 628 g/mol. The molecule has 0 spiro atoms. The Morgan fingerprint density at radius 1 is 1.26 bits per heavy atom. The predicted molar refractivity (Wildman–Crippen MR) is 176 cm³/mol. The normalized spacial score (nSPS) is 20.5. The van der Waals surface area contributed by atoms with Crippen LogP contribution in [0.1, 0.15) is 24.6 Å². The minimum absolute atomic E-state index is 0.0296. The van der Waals surface area contributed by atoms with Gasteiger partial charge in [-0.1, -0.05) is 36.4 Å². The first kappa shape index (κ1) is 32.9. The van der Waals surface area contributed by atoms with Crippen LogP contribution in [0.3, 0.4) is 0 Å². The van der Waals surface area contributed by atoms with E-state index in [1.807, 2.05) is 37.2 Å². The second-order valence-electron chi connectivity index (χ2n) is 13.1. The summed E-state index contributed by atoms with van der Waals surface area (Å²) in [5.74, 6) is -1.67. The van der Waals surface area contributed by atoms with Crippen LogP contribution in [0.15, 0.2) is 42.7 Å². The Labute approximate surface area is 278 Å². The van der Waals surface area contributed by atoms with Gasteiger partial charge in [0.15, 0.2) is 5.83 Å². The first-order valence-electron chi connectivity index (χ1n) is 15.7. The lowest BCUT2D eigenvalue weighted by molar-refractivity contribution is -0.140. The fraction of sp³-hybridized carbons (Fsp3) is 0.471. The Morgan fingerprint density at radius 2 is 2.04 bits per heavy atom. The average molecular weight is 666 g/mol. The minimum Gasteiger partial charge on any atom is -0.463 e. The van der Waals surface area contributed by atoms with E-state index in [1.54, 1.807) is 6.07 Å². The van der Waals surface area contributed by atoms with Crippen molar-refractivity contribution in [2.75, 3.05) is 69.9 Å². The van der Waals surface area contributed by atoms with Crippen molar-refractivity contribution in [1.82, 2.24) is 19.8 Å². The first-order valence-corrected chi connectivity index (χ1v) is 16.0. The molecule has 248 valence electrons. The van der Waals surface area contributed by atoms with Gasteiger partial charge in [0.1, 0.15) is 18.2 Å². The summed E-state index contributed by atoms with van der Waals surface area (Å²) in [6, 6.07) is 10.6. The maximum atomic E-state index is 14.7. The third-order valence-electron chi connectivity index (χ3n) is 9.20. The monoisotopic (exact) mass is 665 g/mol. The summed E-state index contributed by atoms with van der Waals surface area (Å²) in [5.41, 5.74) is 2.30. The zero-order valence-electron chi connectivity index (χ0n) is 26.8. The second-order valence-corrected chi connectivity index (χ2v) is 13.4. The van der Waals surface area contributed by atoms with Gasteiger partial charge in [-0.25, -0.2) is 8.78 Å². The van der Waals surface area contributed by atoms with Crippen LogP contribution in [0.25, 0.3) is 10.8 Å². The van der Waals surface area contributed by atoms with E-state index in [-0.39, 0.29) is 42.0 Å². The Kier molecular flexibility index (Phi) is 9.25. The molecule has 0 aliphatic carbocycles. The van der Waals surface area contributed by atoms with Gasteiger partial charge in [0.2, 0.25) is 0 Å². The lowest BCUT2D eigenvalue weighted by atomic mass is 9.86. The Morgan fingerprint density at radius 3 is 2.72 bits per heavy atom. The number of anilines is 2. The van der Waals surface area contributed by atoms with Crippen LogP contribution in [0.5, 0.6) is 6.01 Å². The summed E-state index contributed by atoms with van der Waals surface area (Å²) in [6.45, 7) is 8.79. The molecule has 0 N–H and O–H groups in total. The number of carbonyl (C=O) groups is 1. The number of piperazine rings is 1. The number of carbonyl (C=O) groups excluding carboxylic acids is 1. The molecule has 2 saturated heterocycles. The van der Waals surface area contributed by atoms with Crippen molar-refractivity contribution >= 4 is 39.8 Å². The zero-order chi connectivity index (χ0) is 33.5. The van der Waals surface area contributed by atoms with Gasteiger partial charge in [-0.15, -0.1) is 0 Å². The van der Waals surface area contributed by atoms with Crippen molar-refractivity contribution in [3.8, 4) is 12.1 Å². The lowest BCUT2D eigenvalue weighted by Gasteiger charge is -2.43. The van der Waals surface area contributed by atoms with E-state index < -0.39 is 23.6 Å². The number of hydrogen-bond donors (Lipinski definition) is 0. The standard InChI is InChI=1S/C34H38ClF2N7O3/c1-21-14-25-27(16-44(21)28-7-5-6-23-8-9-26(37)30(35)29(23)28)39-33(47-20-34(17-41(3)4)18-46-19-34)40-31(25)42-12-13-43(32(45)22(2)36)24(15-42)10-11-38/h5-9,21,24H,2,10,12-20H2,1,3-4H3. The van der Waals surface area contributed by atoms with Gasteiger partial charge in [0.25, 0.3) is 5.91 Å². The number of aromatic nitrogens is 2. The predicted octanol–water partition coefficient (Wildman–Crippen LogP) is 4.74. The van der Waals surface area contributed by atoms with Gasteiger partial charge >= 0.3 is 6.01 Å². The Balaban J connectivity index is 1.38. The third kappa shape index (κ3) is 6.44. The topological polar surface area (TPSA) is 98.1 Å². The highest BCUT2D eigenvalue weighted by Crippen LogP contribution is 2.40. The van der Waals surface area contributed by atoms with Crippen LogP contribution in [0, 0.1) is 22.6 Å². The van der Waals surface area contributed by atoms with Gasteiger partial charge < -0.3 is 29.1 Å². The number of hydrogen-bond acceptors (Lipinski definition) is 9. The largest absolute Gasteiger partial charge is 0.463 e. The van der Waals surface area contributed by atoms with E-state index >= 15 is 0 Å². The molecule has 3 aliphatic rings. The van der Waals surface area contributed by atoms with E-state index in [0.29, 0.717) is 50.5 Å². The molecule has 3 aromatic rings. The highest BCUT2D eigenvalue weighted by Gasteiger charge is 2.41. The number of nitrogens with zero attached hydrogens (tertiary/aromatic N) is 7. The fourth-order valence-electron chi connectivity index (χ4n) is 6.99. The summed E-state index contributed by atoms with van der Waals surface area (Å²) < 4.78 is 40.4. The van der Waals surface area contributed by atoms with Crippen LogP contribution in [-0.2, 0) is 22.5 Å². The molecule has 13 heteroatoms. The van der Waals surface area contributed by atoms with Crippen molar-refractivity contribution in [3.05, 3.63) is 64.8 Å². The Bertz CT molecular complexity index is 1740. The van der Waals surface area contributed by atoms with E-state index in [0.717, 1.165) is 28.9 Å². The van der Waals surface area contributed by atoms with E-state index in [1.165, 1.54) is 11.0 Å². The Hall–Kier alpha value is -4.05. The number of nitriles is 1. The lowest BCUT2D eigenvalue weighted by Crippen LogP contribution is -2.56. The second kappa shape index (κ2) is 13.2. The molecule has 4 heterocycles. The zero-order valence-corrected chi connectivity index (χ0v) is 27.6. The van der Waals surface area contributed by atoms with Crippen LogP contribution >= 0.6 is 11.6 Å². The van der Waals surface area contributed by atoms with Gasteiger partial charge in [-0.05, 0) is 45.0 Å². The van der Waals surface area contributed by atoms with Gasteiger partial charge in [0.05, 0.1) is 54.4 Å². The van der Waals surface area contributed by atoms with Gasteiger partial charge in [-0.2, -0.15) is 15.2 Å². The molecular formula is C34H38ClF2N7O3. The number of amides is 1. The molecule has 3 aliphatic heterocycles. The number of benzene rings is 2. The van der Waals surface area contributed by atoms with E-state index in [2.05, 4.69) is 29.4 Å². The molecule has 2 fully saturated rings. The van der Waals surface area contributed by atoms with Crippen LogP contribution in [-0.4, -0.2) is 97.9 Å². The fourth-order valence-corrected chi connectivity index (χ4v) is 7.26. The smallest absolute Gasteiger partial charge is 0.318 e. The number of fused-ring (bicyclic) bond motifs is 2. The van der Waals surface area contributed by atoms with E-state index in [9.17, 15) is 18.8 Å². The molecule has 2 aromatic carbocycles. The number of rotatable bonds is 9. The molecule has 2 unspecified atom stereocenters. The van der Waals surface area contributed by atoms with Crippen LogP contribution in [0.4, 0.5) is 20.3 Å². The minimum atomic E-state index is -1.05. The molecule has 0 saturated carbocycles. The highest BCUT2D eigenvalue weighted by molar-refractivity contribution is 6.36. The number of halogens is 3. The molecule has 10 nitrogen and oxygen atoms in total. The summed E-state index contributed by atoms with van der Waals surface area (Å²) in [7, 11) is 4.02. The summed E-state index contributed by atoms with van der Waals surface area (Å²) in [6.07, 6.45) is 0.595. The third-order valence-corrected chi connectivity index (χ3v) is 9.57. The SMILES string of the molecule is C=C(F)C(=O)N1CCN(c2nc(OCC3(CN(C)C)COC3)nc3c2CC(C)N(c2cccc4ccc(F)c(Cl)c24)C3)CC1CC#N. The van der Waals surface area contributed by atoms with Gasteiger partial charge in [0, 0.05) is 48.9 Å². The van der Waals surface area contributed by atoms with E-state index in [4.69, 9.17) is 31.0 Å². The summed E-state index contributed by atoms with van der Waals surface area (Å²) in [4.78, 5) is 30.1. The van der Waals surface area contributed by atoms with Crippen LogP contribution in [0.2, 0.25) is 5.02 Å². The quantitative estimate of drug-likeness (QED) is 0.300. The van der Waals surface area contributed by atoms with Crippen molar-refractivity contribution in [3.63, 3.8) is 0 Å². The number of ether oxygens (including phenoxy) is 2. The van der Waals surface area contributed by atoms with Crippen molar-refractivity contribution in [2.45, 2.75) is 38.4 Å². The van der Waals surface area contributed by atoms with Crippen molar-refractivity contribution < 1.29 is 23.0 Å². The van der Waals surface area contributed by atoms with Crippen molar-refractivity contribution in [2.24, 2.45) is 5.41 Å². The molecule has 47 heavy (non-hydrogen) atoms. The summed E-state index contributed by atoms with van der Waals surface area (Å²) in [5, 5.41) is 11.1. The van der Waals surface area contributed by atoms with Crippen molar-refractivity contribution in [1.29, 1.82) is 5.26 Å². The molecule has 1 aromatic heterocycles. The highest BCUT2D eigenvalue weighted by atomic mass is 35.5. The average Bonchev–Trinajstić information content (AvgIpc) is 3.03. The molecule has 0 bridgehead atoms. The molecule has 2 atom stereocenters. The maximum Gasteiger partial charge on any atom is 0.318 e. The molecule has 1 amide bonds.